The molecule has 0 saturated carbocycles. The summed E-state index contributed by atoms with van der Waals surface area (Å²) in [6, 6.07) is 14.6. The monoisotopic (exact) mass is 354 g/mol. The van der Waals surface area contributed by atoms with Gasteiger partial charge in [-0.2, -0.15) is 0 Å². The predicted octanol–water partition coefficient (Wildman–Crippen LogP) is 3.93. The van der Waals surface area contributed by atoms with Gasteiger partial charge >= 0.3 is 0 Å². The summed E-state index contributed by atoms with van der Waals surface area (Å²) in [5.41, 5.74) is 1.99. The molecule has 0 radical (unpaired) electrons. The maximum absolute atomic E-state index is 12.7. The van der Waals surface area contributed by atoms with E-state index in [9.17, 15) is 9.59 Å². The summed E-state index contributed by atoms with van der Waals surface area (Å²) in [7, 11) is 0. The van der Waals surface area contributed by atoms with Crippen molar-refractivity contribution < 1.29 is 14.3 Å². The van der Waals surface area contributed by atoms with Crippen molar-refractivity contribution in [3.8, 4) is 5.75 Å². The minimum atomic E-state index is -0.636. The molecule has 138 valence electrons. The Morgan fingerprint density at radius 1 is 1.08 bits per heavy atom. The molecule has 0 unspecified atom stereocenters. The molecule has 0 aromatic heterocycles. The van der Waals surface area contributed by atoms with Gasteiger partial charge < -0.3 is 15.4 Å². The first-order valence-electron chi connectivity index (χ1n) is 8.96. The third-order valence-corrected chi connectivity index (χ3v) is 3.90. The van der Waals surface area contributed by atoms with Crippen LogP contribution in [0.2, 0.25) is 0 Å². The van der Waals surface area contributed by atoms with E-state index >= 15 is 0 Å². The highest BCUT2D eigenvalue weighted by Crippen LogP contribution is 2.19. The zero-order chi connectivity index (χ0) is 18.9. The van der Waals surface area contributed by atoms with Crippen molar-refractivity contribution in [1.82, 2.24) is 5.32 Å². The Kier molecular flexibility index (Phi) is 7.21. The zero-order valence-corrected chi connectivity index (χ0v) is 15.5. The molecule has 0 aliphatic carbocycles. The molecule has 0 heterocycles. The van der Waals surface area contributed by atoms with Gasteiger partial charge in [0.25, 0.3) is 11.8 Å². The van der Waals surface area contributed by atoms with Gasteiger partial charge in [-0.05, 0) is 49.6 Å². The van der Waals surface area contributed by atoms with Gasteiger partial charge in [0, 0.05) is 6.54 Å². The molecule has 0 fully saturated rings. The standard InChI is InChI=1S/C21H26N2O3/c1-4-13-22-20(24)17-11-6-7-12-18(17)23-21(25)19(5-2)26-16-10-8-9-15(3)14-16/h6-12,14,19H,4-5,13H2,1-3H3,(H,22,24)(H,23,25)/t19-/m1/s1. The van der Waals surface area contributed by atoms with Gasteiger partial charge in [0.1, 0.15) is 5.75 Å². The number of carbonyl (C=O) groups excluding carboxylic acids is 2. The summed E-state index contributed by atoms with van der Waals surface area (Å²) < 4.78 is 5.83. The lowest BCUT2D eigenvalue weighted by Gasteiger charge is -2.18. The largest absolute Gasteiger partial charge is 0.481 e. The average molecular weight is 354 g/mol. The molecule has 0 spiro atoms. The Morgan fingerprint density at radius 3 is 2.54 bits per heavy atom. The van der Waals surface area contributed by atoms with Crippen molar-refractivity contribution in [1.29, 1.82) is 0 Å². The second-order valence-corrected chi connectivity index (χ2v) is 6.12. The highest BCUT2D eigenvalue weighted by molar-refractivity contribution is 6.04. The number of anilines is 1. The van der Waals surface area contributed by atoms with Crippen LogP contribution in [0.4, 0.5) is 5.69 Å². The first-order valence-corrected chi connectivity index (χ1v) is 8.96. The van der Waals surface area contributed by atoms with Crippen LogP contribution in [0, 0.1) is 6.92 Å². The molecular weight excluding hydrogens is 328 g/mol. The smallest absolute Gasteiger partial charge is 0.265 e. The number of benzene rings is 2. The van der Waals surface area contributed by atoms with Gasteiger partial charge in [-0.25, -0.2) is 0 Å². The van der Waals surface area contributed by atoms with Gasteiger partial charge in [0.15, 0.2) is 6.10 Å². The normalized spacial score (nSPS) is 11.5. The molecule has 2 N–H and O–H groups in total. The topological polar surface area (TPSA) is 67.4 Å². The molecule has 0 aliphatic heterocycles. The Balaban J connectivity index is 2.11. The highest BCUT2D eigenvalue weighted by Gasteiger charge is 2.21. The number of carbonyl (C=O) groups is 2. The van der Waals surface area contributed by atoms with Crippen LogP contribution in [-0.4, -0.2) is 24.5 Å². The third kappa shape index (κ3) is 5.34. The predicted molar refractivity (Wildman–Crippen MR) is 104 cm³/mol. The molecule has 0 bridgehead atoms. The van der Waals surface area contributed by atoms with E-state index in [1.54, 1.807) is 24.3 Å². The van der Waals surface area contributed by atoms with Crippen molar-refractivity contribution in [2.24, 2.45) is 0 Å². The Morgan fingerprint density at radius 2 is 1.85 bits per heavy atom. The van der Waals surface area contributed by atoms with Crippen molar-refractivity contribution in [3.63, 3.8) is 0 Å². The molecule has 2 rings (SSSR count). The summed E-state index contributed by atoms with van der Waals surface area (Å²) in [4.78, 5) is 24.9. The van der Waals surface area contributed by atoms with Gasteiger partial charge in [-0.1, -0.05) is 38.1 Å². The molecule has 0 saturated heterocycles. The summed E-state index contributed by atoms with van der Waals surface area (Å²) in [5, 5.41) is 5.66. The Bertz CT molecular complexity index is 758. The molecule has 2 aromatic rings. The SMILES string of the molecule is CCCNC(=O)c1ccccc1NC(=O)[C@@H](CC)Oc1cccc(C)c1. The number of hydrogen-bond donors (Lipinski definition) is 2. The number of rotatable bonds is 8. The number of para-hydroxylation sites is 1. The van der Waals surface area contributed by atoms with Crippen LogP contribution in [0.5, 0.6) is 5.75 Å². The van der Waals surface area contributed by atoms with Crippen LogP contribution in [0.25, 0.3) is 0 Å². The summed E-state index contributed by atoms with van der Waals surface area (Å²) in [5.74, 6) is 0.182. The molecule has 2 amide bonds. The summed E-state index contributed by atoms with van der Waals surface area (Å²) >= 11 is 0. The number of nitrogens with one attached hydrogen (secondary N) is 2. The van der Waals surface area contributed by atoms with E-state index in [-0.39, 0.29) is 11.8 Å². The number of aryl methyl sites for hydroxylation is 1. The Hall–Kier alpha value is -2.82. The van der Waals surface area contributed by atoms with Crippen molar-refractivity contribution in [2.75, 3.05) is 11.9 Å². The minimum Gasteiger partial charge on any atom is -0.481 e. The molecule has 2 aromatic carbocycles. The van der Waals surface area contributed by atoms with Crippen LogP contribution in [0.3, 0.4) is 0 Å². The van der Waals surface area contributed by atoms with Crippen LogP contribution in [0.15, 0.2) is 48.5 Å². The Labute approximate surface area is 154 Å². The van der Waals surface area contributed by atoms with Crippen LogP contribution >= 0.6 is 0 Å². The average Bonchev–Trinajstić information content (AvgIpc) is 2.64. The maximum Gasteiger partial charge on any atom is 0.265 e. The van der Waals surface area contributed by atoms with Gasteiger partial charge in [0.2, 0.25) is 0 Å². The first-order chi connectivity index (χ1) is 12.5. The molecule has 5 nitrogen and oxygen atoms in total. The van der Waals surface area contributed by atoms with E-state index in [0.717, 1.165) is 12.0 Å². The quantitative estimate of drug-likeness (QED) is 0.755. The van der Waals surface area contributed by atoms with E-state index in [4.69, 9.17) is 4.74 Å². The van der Waals surface area contributed by atoms with Crippen LogP contribution < -0.4 is 15.4 Å². The van der Waals surface area contributed by atoms with Crippen LogP contribution in [0.1, 0.15) is 42.6 Å². The lowest BCUT2D eigenvalue weighted by molar-refractivity contribution is -0.122. The van der Waals surface area contributed by atoms with E-state index < -0.39 is 6.10 Å². The highest BCUT2D eigenvalue weighted by atomic mass is 16.5. The van der Waals surface area contributed by atoms with E-state index in [2.05, 4.69) is 10.6 Å². The van der Waals surface area contributed by atoms with Crippen molar-refractivity contribution in [2.45, 2.75) is 39.7 Å². The second kappa shape index (κ2) is 9.61. The number of amides is 2. The zero-order valence-electron chi connectivity index (χ0n) is 15.5. The first kappa shape index (κ1) is 19.5. The van der Waals surface area contributed by atoms with Crippen molar-refractivity contribution in [3.05, 3.63) is 59.7 Å². The molecule has 26 heavy (non-hydrogen) atoms. The van der Waals surface area contributed by atoms with Gasteiger partial charge in [-0.15, -0.1) is 0 Å². The van der Waals surface area contributed by atoms with E-state index in [1.807, 2.05) is 45.0 Å². The lowest BCUT2D eigenvalue weighted by Crippen LogP contribution is -2.33. The van der Waals surface area contributed by atoms with Crippen LogP contribution in [-0.2, 0) is 4.79 Å². The third-order valence-electron chi connectivity index (χ3n) is 3.90. The van der Waals surface area contributed by atoms with Gasteiger partial charge in [0.05, 0.1) is 11.3 Å². The molecule has 5 heteroatoms. The molecule has 0 aliphatic rings. The second-order valence-electron chi connectivity index (χ2n) is 6.12. The minimum absolute atomic E-state index is 0.199. The fraction of sp³-hybridized carbons (Fsp3) is 0.333. The number of ether oxygens (including phenoxy) is 1. The van der Waals surface area contributed by atoms with E-state index in [1.165, 1.54) is 0 Å². The molecular formula is C21H26N2O3. The maximum atomic E-state index is 12.7. The lowest BCUT2D eigenvalue weighted by atomic mass is 10.1. The fourth-order valence-electron chi connectivity index (χ4n) is 2.51. The number of hydrogen-bond acceptors (Lipinski definition) is 3. The summed E-state index contributed by atoms with van der Waals surface area (Å²) in [6.45, 7) is 6.44. The summed E-state index contributed by atoms with van der Waals surface area (Å²) in [6.07, 6.45) is 0.732. The van der Waals surface area contributed by atoms with E-state index in [0.29, 0.717) is 30.0 Å². The van der Waals surface area contributed by atoms with Crippen molar-refractivity contribution >= 4 is 17.5 Å². The molecule has 1 atom stereocenters. The van der Waals surface area contributed by atoms with Gasteiger partial charge in [-0.3, -0.25) is 9.59 Å². The fourth-order valence-corrected chi connectivity index (χ4v) is 2.51.